The number of hydrogen-bond acceptors (Lipinski definition) is 2. The van der Waals surface area contributed by atoms with Crippen LogP contribution in [0.15, 0.2) is 42.5 Å². The molecule has 4 heteroatoms. The van der Waals surface area contributed by atoms with Crippen molar-refractivity contribution in [2.75, 3.05) is 5.32 Å². The molecular formula is C16H17FN2O. The molecule has 0 radical (unpaired) electrons. The minimum Gasteiger partial charge on any atom is -0.320 e. The third kappa shape index (κ3) is 3.20. The molecule has 3 nitrogen and oxygen atoms in total. The van der Waals surface area contributed by atoms with Gasteiger partial charge in [0.25, 0.3) is 5.91 Å². The van der Waals surface area contributed by atoms with Gasteiger partial charge in [-0.05, 0) is 29.2 Å². The number of rotatable bonds is 2. The number of nitrogens with zero attached hydrogens (tertiary/aromatic N) is 1. The summed E-state index contributed by atoms with van der Waals surface area (Å²) in [6, 6.07) is 11.7. The van der Waals surface area contributed by atoms with Crippen LogP contribution in [0, 0.1) is 5.95 Å². The lowest BCUT2D eigenvalue weighted by Gasteiger charge is -2.22. The van der Waals surface area contributed by atoms with Crippen molar-refractivity contribution in [3.8, 4) is 0 Å². The molecule has 0 atom stereocenters. The Morgan fingerprint density at radius 2 is 1.80 bits per heavy atom. The van der Waals surface area contributed by atoms with Crippen LogP contribution in [0.3, 0.4) is 0 Å². The van der Waals surface area contributed by atoms with Crippen molar-refractivity contribution >= 4 is 11.6 Å². The second-order valence-corrected chi connectivity index (χ2v) is 5.60. The number of benzene rings is 1. The van der Waals surface area contributed by atoms with Crippen LogP contribution in [0.1, 0.15) is 36.8 Å². The largest absolute Gasteiger partial charge is 0.320 e. The molecule has 20 heavy (non-hydrogen) atoms. The van der Waals surface area contributed by atoms with Crippen molar-refractivity contribution in [1.29, 1.82) is 0 Å². The topological polar surface area (TPSA) is 42.0 Å². The number of pyridine rings is 1. The highest BCUT2D eigenvalue weighted by molar-refractivity contribution is 6.03. The van der Waals surface area contributed by atoms with Crippen LogP contribution in [0.4, 0.5) is 10.1 Å². The number of carbonyl (C=O) groups excluding carboxylic acids is 1. The third-order valence-electron chi connectivity index (χ3n) is 2.93. The van der Waals surface area contributed by atoms with E-state index in [1.54, 1.807) is 0 Å². The molecule has 1 heterocycles. The number of aromatic nitrogens is 1. The van der Waals surface area contributed by atoms with Gasteiger partial charge in [-0.15, -0.1) is 0 Å². The van der Waals surface area contributed by atoms with E-state index in [0.29, 0.717) is 0 Å². The van der Waals surface area contributed by atoms with Crippen molar-refractivity contribution < 1.29 is 9.18 Å². The zero-order valence-corrected chi connectivity index (χ0v) is 11.8. The van der Waals surface area contributed by atoms with E-state index in [4.69, 9.17) is 0 Å². The first-order chi connectivity index (χ1) is 9.38. The van der Waals surface area contributed by atoms with E-state index in [0.717, 1.165) is 11.3 Å². The van der Waals surface area contributed by atoms with Crippen molar-refractivity contribution in [1.82, 2.24) is 4.98 Å². The van der Waals surface area contributed by atoms with Crippen LogP contribution in [-0.2, 0) is 5.41 Å². The summed E-state index contributed by atoms with van der Waals surface area (Å²) in [4.78, 5) is 15.7. The zero-order valence-electron chi connectivity index (χ0n) is 11.8. The maximum absolute atomic E-state index is 13.0. The Bertz CT molecular complexity index is 632. The summed E-state index contributed by atoms with van der Waals surface area (Å²) < 4.78 is 13.0. The maximum Gasteiger partial charge on any atom is 0.274 e. The Labute approximate surface area is 117 Å². The van der Waals surface area contributed by atoms with Gasteiger partial charge in [-0.3, -0.25) is 4.79 Å². The Morgan fingerprint density at radius 3 is 2.45 bits per heavy atom. The van der Waals surface area contributed by atoms with Crippen LogP contribution in [0.25, 0.3) is 0 Å². The predicted molar refractivity (Wildman–Crippen MR) is 77.3 cm³/mol. The molecule has 1 aromatic carbocycles. The molecule has 0 aliphatic rings. The van der Waals surface area contributed by atoms with Crippen molar-refractivity contribution in [3.63, 3.8) is 0 Å². The predicted octanol–water partition coefficient (Wildman–Crippen LogP) is 3.77. The van der Waals surface area contributed by atoms with Gasteiger partial charge in [-0.2, -0.15) is 4.39 Å². The lowest BCUT2D eigenvalue weighted by molar-refractivity contribution is 0.102. The Balaban J connectivity index is 2.29. The molecule has 1 N–H and O–H groups in total. The fourth-order valence-electron chi connectivity index (χ4n) is 1.97. The zero-order chi connectivity index (χ0) is 14.8. The molecule has 2 rings (SSSR count). The van der Waals surface area contributed by atoms with E-state index in [1.165, 1.54) is 18.2 Å². The first-order valence-electron chi connectivity index (χ1n) is 6.41. The van der Waals surface area contributed by atoms with E-state index >= 15 is 0 Å². The molecule has 0 saturated heterocycles. The van der Waals surface area contributed by atoms with Gasteiger partial charge in [-0.25, -0.2) is 4.98 Å². The number of hydrogen-bond donors (Lipinski definition) is 1. The number of amides is 1. The normalized spacial score (nSPS) is 11.2. The number of halogens is 1. The highest BCUT2D eigenvalue weighted by Crippen LogP contribution is 2.29. The maximum atomic E-state index is 13.0. The Hall–Kier alpha value is -2.23. The molecule has 1 amide bonds. The number of carbonyl (C=O) groups is 1. The molecule has 0 bridgehead atoms. The van der Waals surface area contributed by atoms with Gasteiger partial charge in [0.1, 0.15) is 5.69 Å². The Morgan fingerprint density at radius 1 is 1.10 bits per heavy atom. The van der Waals surface area contributed by atoms with Crippen LogP contribution >= 0.6 is 0 Å². The highest BCUT2D eigenvalue weighted by Gasteiger charge is 2.19. The van der Waals surface area contributed by atoms with Gasteiger partial charge >= 0.3 is 0 Å². The molecule has 1 aromatic heterocycles. The van der Waals surface area contributed by atoms with Crippen LogP contribution in [-0.4, -0.2) is 10.9 Å². The van der Waals surface area contributed by atoms with Gasteiger partial charge in [0.15, 0.2) is 0 Å². The monoisotopic (exact) mass is 272 g/mol. The number of nitrogens with one attached hydrogen (secondary N) is 1. The molecule has 104 valence electrons. The summed E-state index contributed by atoms with van der Waals surface area (Å²) in [5.74, 6) is -1.08. The van der Waals surface area contributed by atoms with Crippen molar-refractivity contribution in [3.05, 3.63) is 59.7 Å². The van der Waals surface area contributed by atoms with Gasteiger partial charge in [0.05, 0.1) is 0 Å². The number of anilines is 1. The molecule has 0 unspecified atom stereocenters. The van der Waals surface area contributed by atoms with Gasteiger partial charge < -0.3 is 5.32 Å². The lowest BCUT2D eigenvalue weighted by atomic mass is 9.86. The standard InChI is InChI=1S/C16H17FN2O/c1-16(2,3)11-7-4-5-8-12(11)19-15(20)13-9-6-10-14(17)18-13/h4-10H,1-3H3,(H,19,20). The average Bonchev–Trinajstić information content (AvgIpc) is 2.38. The van der Waals surface area contributed by atoms with E-state index in [-0.39, 0.29) is 11.1 Å². The molecule has 0 spiro atoms. The second-order valence-electron chi connectivity index (χ2n) is 5.60. The first-order valence-corrected chi connectivity index (χ1v) is 6.41. The van der Waals surface area contributed by atoms with Gasteiger partial charge in [-0.1, -0.05) is 45.0 Å². The van der Waals surface area contributed by atoms with Crippen LogP contribution < -0.4 is 5.32 Å². The van der Waals surface area contributed by atoms with E-state index in [1.807, 2.05) is 24.3 Å². The van der Waals surface area contributed by atoms with Crippen LogP contribution in [0.5, 0.6) is 0 Å². The van der Waals surface area contributed by atoms with Crippen LogP contribution in [0.2, 0.25) is 0 Å². The Kier molecular flexibility index (Phi) is 3.84. The van der Waals surface area contributed by atoms with E-state index < -0.39 is 11.9 Å². The quantitative estimate of drug-likeness (QED) is 0.845. The minimum atomic E-state index is -0.665. The fourth-order valence-corrected chi connectivity index (χ4v) is 1.97. The SMILES string of the molecule is CC(C)(C)c1ccccc1NC(=O)c1cccc(F)n1. The second kappa shape index (κ2) is 5.41. The number of para-hydroxylation sites is 1. The molecule has 0 saturated carbocycles. The lowest BCUT2D eigenvalue weighted by Crippen LogP contribution is -2.19. The first kappa shape index (κ1) is 14.2. The van der Waals surface area contributed by atoms with Gasteiger partial charge in [0.2, 0.25) is 5.95 Å². The van der Waals surface area contributed by atoms with Crippen molar-refractivity contribution in [2.24, 2.45) is 0 Å². The molecule has 0 aliphatic heterocycles. The molecule has 0 aliphatic carbocycles. The summed E-state index contributed by atoms with van der Waals surface area (Å²) >= 11 is 0. The average molecular weight is 272 g/mol. The smallest absolute Gasteiger partial charge is 0.274 e. The molecule has 0 fully saturated rings. The summed E-state index contributed by atoms with van der Waals surface area (Å²) in [5, 5.41) is 2.79. The molecular weight excluding hydrogens is 255 g/mol. The van der Waals surface area contributed by atoms with E-state index in [2.05, 4.69) is 31.1 Å². The fraction of sp³-hybridized carbons (Fsp3) is 0.250. The van der Waals surface area contributed by atoms with E-state index in [9.17, 15) is 9.18 Å². The van der Waals surface area contributed by atoms with Gasteiger partial charge in [0, 0.05) is 5.69 Å². The molecule has 2 aromatic rings. The summed E-state index contributed by atoms with van der Waals surface area (Å²) in [7, 11) is 0. The summed E-state index contributed by atoms with van der Waals surface area (Å²) in [6.07, 6.45) is 0. The summed E-state index contributed by atoms with van der Waals surface area (Å²) in [5.41, 5.74) is 1.70. The van der Waals surface area contributed by atoms with Crippen molar-refractivity contribution in [2.45, 2.75) is 26.2 Å². The minimum absolute atomic E-state index is 0.0636. The third-order valence-corrected chi connectivity index (χ3v) is 2.93. The summed E-state index contributed by atoms with van der Waals surface area (Å²) in [6.45, 7) is 6.20. The highest BCUT2D eigenvalue weighted by atomic mass is 19.1.